The molecular weight excluding hydrogens is 410 g/mol. The van der Waals surface area contributed by atoms with Crippen LogP contribution >= 0.6 is 23.8 Å². The highest BCUT2D eigenvalue weighted by atomic mass is 35.5. The molecule has 0 saturated heterocycles. The molecule has 0 aliphatic carbocycles. The van der Waals surface area contributed by atoms with Crippen molar-refractivity contribution >= 4 is 46.2 Å². The SMILES string of the molecule is COc1cc(C(=O)NC(=S)Nc2ccc(Cl)c([N+](=O)[O-])c2)cc(OC)c1OC. The van der Waals surface area contributed by atoms with Gasteiger partial charge >= 0.3 is 0 Å². The summed E-state index contributed by atoms with van der Waals surface area (Å²) in [7, 11) is 4.31. The predicted octanol–water partition coefficient (Wildman–Crippen LogP) is 3.40. The minimum Gasteiger partial charge on any atom is -0.493 e. The number of nitrogens with one attached hydrogen (secondary N) is 2. The summed E-state index contributed by atoms with van der Waals surface area (Å²) in [4.78, 5) is 22.8. The number of carbonyl (C=O) groups excluding carboxylic acids is 1. The van der Waals surface area contributed by atoms with Crippen molar-refractivity contribution in [2.24, 2.45) is 0 Å². The van der Waals surface area contributed by atoms with Crippen molar-refractivity contribution < 1.29 is 23.9 Å². The second-order valence-corrected chi connectivity index (χ2v) is 6.06. The Labute approximate surface area is 170 Å². The van der Waals surface area contributed by atoms with Crippen molar-refractivity contribution in [1.29, 1.82) is 0 Å². The number of nitro groups is 1. The summed E-state index contributed by atoms with van der Waals surface area (Å²) < 4.78 is 15.6. The highest BCUT2D eigenvalue weighted by Crippen LogP contribution is 2.38. The van der Waals surface area contributed by atoms with Gasteiger partial charge in [0.05, 0.1) is 26.3 Å². The molecule has 148 valence electrons. The number of carbonyl (C=O) groups is 1. The zero-order valence-corrected chi connectivity index (χ0v) is 16.6. The maximum Gasteiger partial charge on any atom is 0.289 e. The standard InChI is InChI=1S/C17H16ClN3O6S/c1-25-13-6-9(7-14(26-2)15(13)27-3)16(22)20-17(28)19-10-4-5-11(18)12(8-10)21(23)24/h4-8H,1-3H3,(H2,19,20,22,28). The number of methoxy groups -OCH3 is 3. The number of nitro benzene ring substituents is 1. The molecule has 28 heavy (non-hydrogen) atoms. The molecule has 11 heteroatoms. The number of benzene rings is 2. The molecular formula is C17H16ClN3O6S. The predicted molar refractivity (Wildman–Crippen MR) is 108 cm³/mol. The molecule has 0 aromatic heterocycles. The van der Waals surface area contributed by atoms with E-state index in [1.54, 1.807) is 0 Å². The number of rotatable bonds is 6. The molecule has 2 rings (SSSR count). The summed E-state index contributed by atoms with van der Waals surface area (Å²) in [6, 6.07) is 6.98. The lowest BCUT2D eigenvalue weighted by atomic mass is 10.1. The van der Waals surface area contributed by atoms with Gasteiger partial charge in [0.25, 0.3) is 11.6 Å². The van der Waals surface area contributed by atoms with Crippen LogP contribution in [0.15, 0.2) is 30.3 Å². The van der Waals surface area contributed by atoms with E-state index in [9.17, 15) is 14.9 Å². The number of thiocarbonyl (C=S) groups is 1. The molecule has 0 spiro atoms. The van der Waals surface area contributed by atoms with Gasteiger partial charge in [-0.1, -0.05) is 11.6 Å². The monoisotopic (exact) mass is 425 g/mol. The first kappa shape index (κ1) is 21.2. The third-order valence-corrected chi connectivity index (χ3v) is 4.08. The van der Waals surface area contributed by atoms with Crippen LogP contribution in [0.1, 0.15) is 10.4 Å². The number of anilines is 1. The Morgan fingerprint density at radius 3 is 2.21 bits per heavy atom. The topological polar surface area (TPSA) is 112 Å². The van der Waals surface area contributed by atoms with Crippen molar-refractivity contribution in [3.63, 3.8) is 0 Å². The van der Waals surface area contributed by atoms with Crippen molar-refractivity contribution in [3.8, 4) is 17.2 Å². The molecule has 0 saturated carbocycles. The fraction of sp³-hybridized carbons (Fsp3) is 0.176. The number of hydrogen-bond acceptors (Lipinski definition) is 7. The van der Waals surface area contributed by atoms with Crippen LogP contribution in [-0.2, 0) is 0 Å². The Balaban J connectivity index is 2.18. The number of nitrogens with zero attached hydrogens (tertiary/aromatic N) is 1. The molecule has 1 amide bonds. The van der Waals surface area contributed by atoms with Gasteiger partial charge in [-0.2, -0.15) is 0 Å². The van der Waals surface area contributed by atoms with Gasteiger partial charge in [-0.05, 0) is 36.5 Å². The number of ether oxygens (including phenoxy) is 3. The van der Waals surface area contributed by atoms with Crippen LogP contribution in [0.25, 0.3) is 0 Å². The average molecular weight is 426 g/mol. The number of halogens is 1. The van der Waals surface area contributed by atoms with Gasteiger partial charge in [-0.15, -0.1) is 0 Å². The minimum absolute atomic E-state index is 0.0112. The molecule has 0 fully saturated rings. The third-order valence-electron chi connectivity index (χ3n) is 3.55. The largest absolute Gasteiger partial charge is 0.493 e. The fourth-order valence-corrected chi connectivity index (χ4v) is 2.68. The van der Waals surface area contributed by atoms with Gasteiger partial charge in [-0.3, -0.25) is 20.2 Å². The summed E-state index contributed by atoms with van der Waals surface area (Å²) >= 11 is 10.9. The van der Waals surface area contributed by atoms with Crippen LogP contribution < -0.4 is 24.8 Å². The quantitative estimate of drug-likeness (QED) is 0.411. The van der Waals surface area contributed by atoms with Gasteiger partial charge in [0, 0.05) is 17.3 Å². The van der Waals surface area contributed by atoms with Crippen LogP contribution in [-0.4, -0.2) is 37.3 Å². The Hall–Kier alpha value is -3.11. The second kappa shape index (κ2) is 9.20. The summed E-state index contributed by atoms with van der Waals surface area (Å²) in [5, 5.41) is 16.1. The summed E-state index contributed by atoms with van der Waals surface area (Å²) in [5.41, 5.74) is 0.220. The molecule has 9 nitrogen and oxygen atoms in total. The van der Waals surface area contributed by atoms with Gasteiger partial charge in [0.2, 0.25) is 5.75 Å². The van der Waals surface area contributed by atoms with Crippen LogP contribution in [0, 0.1) is 10.1 Å². The minimum atomic E-state index is -0.620. The molecule has 0 aliphatic heterocycles. The zero-order chi connectivity index (χ0) is 20.8. The van der Waals surface area contributed by atoms with Crippen molar-refractivity contribution in [1.82, 2.24) is 5.32 Å². The molecule has 0 radical (unpaired) electrons. The summed E-state index contributed by atoms with van der Waals surface area (Å²) in [6.45, 7) is 0. The molecule has 0 unspecified atom stereocenters. The third kappa shape index (κ3) is 4.78. The van der Waals surface area contributed by atoms with Crippen molar-refractivity contribution in [2.45, 2.75) is 0 Å². The van der Waals surface area contributed by atoms with Gasteiger partial charge in [0.15, 0.2) is 16.6 Å². The summed E-state index contributed by atoms with van der Waals surface area (Å²) in [6.07, 6.45) is 0. The second-order valence-electron chi connectivity index (χ2n) is 5.25. The Kier molecular flexibility index (Phi) is 6.96. The normalized spacial score (nSPS) is 10.0. The van der Waals surface area contributed by atoms with E-state index >= 15 is 0 Å². The lowest BCUT2D eigenvalue weighted by molar-refractivity contribution is -0.384. The molecule has 2 N–H and O–H groups in total. The molecule has 2 aromatic rings. The molecule has 2 aromatic carbocycles. The Morgan fingerprint density at radius 1 is 1.11 bits per heavy atom. The number of hydrogen-bond donors (Lipinski definition) is 2. The smallest absolute Gasteiger partial charge is 0.289 e. The molecule has 0 bridgehead atoms. The maximum atomic E-state index is 12.5. The zero-order valence-electron chi connectivity index (χ0n) is 15.1. The van der Waals surface area contributed by atoms with Gasteiger partial charge in [-0.25, -0.2) is 0 Å². The van der Waals surface area contributed by atoms with E-state index < -0.39 is 10.8 Å². The van der Waals surface area contributed by atoms with E-state index in [4.69, 9.17) is 38.0 Å². The van der Waals surface area contributed by atoms with Crippen LogP contribution in [0.4, 0.5) is 11.4 Å². The highest BCUT2D eigenvalue weighted by Gasteiger charge is 2.18. The lowest BCUT2D eigenvalue weighted by Gasteiger charge is -2.14. The molecule has 0 aliphatic rings. The van der Waals surface area contributed by atoms with Gasteiger partial charge in [0.1, 0.15) is 5.02 Å². The van der Waals surface area contributed by atoms with Crippen molar-refractivity contribution in [2.75, 3.05) is 26.6 Å². The highest BCUT2D eigenvalue weighted by molar-refractivity contribution is 7.80. The first-order chi connectivity index (χ1) is 13.3. The first-order valence-electron chi connectivity index (χ1n) is 7.67. The molecule has 0 heterocycles. The van der Waals surface area contributed by atoms with E-state index in [-0.39, 0.29) is 21.4 Å². The Morgan fingerprint density at radius 2 is 1.71 bits per heavy atom. The van der Waals surface area contributed by atoms with E-state index in [2.05, 4.69) is 10.6 Å². The molecule has 0 atom stereocenters. The van der Waals surface area contributed by atoms with E-state index in [1.165, 1.54) is 51.7 Å². The summed E-state index contributed by atoms with van der Waals surface area (Å²) in [5.74, 6) is 0.411. The fourth-order valence-electron chi connectivity index (χ4n) is 2.28. The van der Waals surface area contributed by atoms with Crippen LogP contribution in [0.2, 0.25) is 5.02 Å². The van der Waals surface area contributed by atoms with E-state index in [1.807, 2.05) is 0 Å². The van der Waals surface area contributed by atoms with Crippen molar-refractivity contribution in [3.05, 3.63) is 51.0 Å². The van der Waals surface area contributed by atoms with Gasteiger partial charge < -0.3 is 19.5 Å². The van der Waals surface area contributed by atoms with Crippen LogP contribution in [0.3, 0.4) is 0 Å². The van der Waals surface area contributed by atoms with Crippen LogP contribution in [0.5, 0.6) is 17.2 Å². The number of amides is 1. The Bertz CT molecular complexity index is 912. The van der Waals surface area contributed by atoms with E-state index in [0.717, 1.165) is 0 Å². The first-order valence-corrected chi connectivity index (χ1v) is 8.45. The maximum absolute atomic E-state index is 12.5. The average Bonchev–Trinajstić information content (AvgIpc) is 2.67. The van der Waals surface area contributed by atoms with E-state index in [0.29, 0.717) is 22.9 Å². The lowest BCUT2D eigenvalue weighted by Crippen LogP contribution is -2.34.